The van der Waals surface area contributed by atoms with Gasteiger partial charge in [0.15, 0.2) is 0 Å². The highest BCUT2D eigenvalue weighted by Gasteiger charge is 2.24. The molecule has 1 amide bonds. The summed E-state index contributed by atoms with van der Waals surface area (Å²) < 4.78 is 14.5. The number of likely N-dealkylation sites (N-methyl/N-ethyl adjacent to an activating group) is 1. The predicted molar refractivity (Wildman–Crippen MR) is 103 cm³/mol. The molecule has 3 rings (SSSR count). The van der Waals surface area contributed by atoms with E-state index in [9.17, 15) is 9.18 Å². The largest absolute Gasteiger partial charge is 0.322 e. The molecule has 1 unspecified atom stereocenters. The molecule has 1 saturated heterocycles. The number of nitrogens with zero attached hydrogens (tertiary/aromatic N) is 2. The van der Waals surface area contributed by atoms with Crippen molar-refractivity contribution >= 4 is 11.6 Å². The maximum absolute atomic E-state index is 14.5. The molecule has 1 N–H and O–H groups in total. The van der Waals surface area contributed by atoms with Crippen molar-refractivity contribution in [3.8, 4) is 0 Å². The summed E-state index contributed by atoms with van der Waals surface area (Å²) in [5.41, 5.74) is 2.80. The van der Waals surface area contributed by atoms with Crippen LogP contribution in [0.2, 0.25) is 0 Å². The number of aryl methyl sites for hydroxylation is 1. The highest BCUT2D eigenvalue weighted by Crippen LogP contribution is 2.20. The Morgan fingerprint density at radius 1 is 1.23 bits per heavy atom. The lowest BCUT2D eigenvalue weighted by Gasteiger charge is -2.20. The summed E-state index contributed by atoms with van der Waals surface area (Å²) in [5, 5.41) is 2.76. The topological polar surface area (TPSA) is 35.6 Å². The Bertz CT molecular complexity index is 773. The normalized spacial score (nSPS) is 17.7. The zero-order valence-electron chi connectivity index (χ0n) is 15.6. The monoisotopic (exact) mass is 355 g/mol. The molecule has 0 aliphatic carbocycles. The average molecular weight is 355 g/mol. The van der Waals surface area contributed by atoms with Gasteiger partial charge in [0.2, 0.25) is 0 Å². The van der Waals surface area contributed by atoms with Crippen LogP contribution in [0.1, 0.15) is 27.9 Å². The minimum absolute atomic E-state index is 0.231. The van der Waals surface area contributed by atoms with Gasteiger partial charge >= 0.3 is 0 Å². The minimum atomic E-state index is -0.278. The first kappa shape index (κ1) is 18.5. The third-order valence-corrected chi connectivity index (χ3v) is 5.00. The lowest BCUT2D eigenvalue weighted by molar-refractivity contribution is 0.102. The highest BCUT2D eigenvalue weighted by atomic mass is 19.1. The van der Waals surface area contributed by atoms with Crippen molar-refractivity contribution in [2.75, 3.05) is 32.5 Å². The molecular weight excluding hydrogens is 329 g/mol. The second-order valence-electron chi connectivity index (χ2n) is 7.27. The molecule has 1 atom stereocenters. The van der Waals surface area contributed by atoms with E-state index in [1.165, 1.54) is 6.07 Å². The minimum Gasteiger partial charge on any atom is -0.322 e. The Morgan fingerprint density at radius 2 is 1.96 bits per heavy atom. The Hall–Kier alpha value is -2.24. The maximum atomic E-state index is 14.5. The Morgan fingerprint density at radius 3 is 2.58 bits per heavy atom. The molecule has 0 aromatic heterocycles. The van der Waals surface area contributed by atoms with Crippen molar-refractivity contribution in [2.24, 2.45) is 0 Å². The van der Waals surface area contributed by atoms with E-state index >= 15 is 0 Å². The zero-order chi connectivity index (χ0) is 18.7. The molecule has 0 saturated carbocycles. The molecule has 2 aromatic carbocycles. The second-order valence-corrected chi connectivity index (χ2v) is 7.27. The van der Waals surface area contributed by atoms with Gasteiger partial charge in [-0.15, -0.1) is 0 Å². The fraction of sp³-hybridized carbons (Fsp3) is 0.381. The number of halogens is 1. The number of amides is 1. The number of hydrogen-bond donors (Lipinski definition) is 1. The van der Waals surface area contributed by atoms with Crippen LogP contribution < -0.4 is 5.32 Å². The van der Waals surface area contributed by atoms with E-state index in [4.69, 9.17) is 0 Å². The maximum Gasteiger partial charge on any atom is 0.255 e. The number of rotatable bonds is 5. The molecule has 1 aliphatic heterocycles. The molecule has 0 radical (unpaired) electrons. The average Bonchev–Trinajstić information content (AvgIpc) is 3.07. The first-order chi connectivity index (χ1) is 12.4. The molecule has 1 aliphatic rings. The first-order valence-corrected chi connectivity index (χ1v) is 8.97. The number of carbonyl (C=O) groups excluding carboxylic acids is 1. The van der Waals surface area contributed by atoms with Crippen LogP contribution in [0, 0.1) is 12.7 Å². The van der Waals surface area contributed by atoms with E-state index in [2.05, 4.69) is 29.2 Å². The molecule has 26 heavy (non-hydrogen) atoms. The third kappa shape index (κ3) is 4.48. The summed E-state index contributed by atoms with van der Waals surface area (Å²) in [6, 6.07) is 12.8. The summed E-state index contributed by atoms with van der Waals surface area (Å²) in [5.74, 6) is -0.509. The van der Waals surface area contributed by atoms with Gasteiger partial charge in [-0.3, -0.25) is 9.69 Å². The van der Waals surface area contributed by atoms with Crippen molar-refractivity contribution in [3.05, 3.63) is 65.0 Å². The lowest BCUT2D eigenvalue weighted by atomic mass is 10.1. The fourth-order valence-corrected chi connectivity index (χ4v) is 3.28. The van der Waals surface area contributed by atoms with E-state index in [1.54, 1.807) is 24.3 Å². The van der Waals surface area contributed by atoms with Crippen LogP contribution in [0.15, 0.2) is 42.5 Å². The SMILES string of the molecule is Cc1ccc(C(=O)Nc2ccc(CN3CCC(N(C)C)C3)c(F)c2)cc1. The van der Waals surface area contributed by atoms with Gasteiger partial charge < -0.3 is 10.2 Å². The lowest BCUT2D eigenvalue weighted by Crippen LogP contribution is -2.31. The van der Waals surface area contributed by atoms with Gasteiger partial charge in [0, 0.05) is 42.5 Å². The molecule has 5 heteroatoms. The van der Waals surface area contributed by atoms with Crippen molar-refractivity contribution < 1.29 is 9.18 Å². The van der Waals surface area contributed by atoms with Crippen LogP contribution in [0.3, 0.4) is 0 Å². The van der Waals surface area contributed by atoms with Crippen LogP contribution in [0.4, 0.5) is 10.1 Å². The van der Waals surface area contributed by atoms with Gasteiger partial charge in [-0.1, -0.05) is 23.8 Å². The summed E-state index contributed by atoms with van der Waals surface area (Å²) in [7, 11) is 4.17. The number of carbonyl (C=O) groups is 1. The van der Waals surface area contributed by atoms with E-state index in [0.717, 1.165) is 25.1 Å². The van der Waals surface area contributed by atoms with Crippen molar-refractivity contribution in [1.29, 1.82) is 0 Å². The van der Waals surface area contributed by atoms with E-state index in [0.29, 0.717) is 29.4 Å². The van der Waals surface area contributed by atoms with Crippen LogP contribution in [0.5, 0.6) is 0 Å². The van der Waals surface area contributed by atoms with Crippen LogP contribution in [-0.4, -0.2) is 48.9 Å². The highest BCUT2D eigenvalue weighted by molar-refractivity contribution is 6.04. The number of hydrogen-bond acceptors (Lipinski definition) is 3. The summed E-state index contributed by atoms with van der Waals surface area (Å²) >= 11 is 0. The number of benzene rings is 2. The van der Waals surface area contributed by atoms with E-state index < -0.39 is 0 Å². The molecule has 138 valence electrons. The second kappa shape index (κ2) is 7.98. The van der Waals surface area contributed by atoms with Crippen molar-refractivity contribution in [3.63, 3.8) is 0 Å². The fourth-order valence-electron chi connectivity index (χ4n) is 3.28. The first-order valence-electron chi connectivity index (χ1n) is 8.97. The number of likely N-dealkylation sites (tertiary alicyclic amines) is 1. The van der Waals surface area contributed by atoms with Crippen LogP contribution in [-0.2, 0) is 6.54 Å². The smallest absolute Gasteiger partial charge is 0.255 e. The quantitative estimate of drug-likeness (QED) is 0.891. The van der Waals surface area contributed by atoms with Crippen molar-refractivity contribution in [2.45, 2.75) is 25.9 Å². The van der Waals surface area contributed by atoms with E-state index in [-0.39, 0.29) is 11.7 Å². The van der Waals surface area contributed by atoms with Gasteiger partial charge in [-0.05, 0) is 51.7 Å². The Balaban J connectivity index is 1.62. The van der Waals surface area contributed by atoms with Gasteiger partial charge in [-0.2, -0.15) is 0 Å². The molecule has 1 heterocycles. The summed E-state index contributed by atoms with van der Waals surface area (Å²) in [4.78, 5) is 16.7. The predicted octanol–water partition coefficient (Wildman–Crippen LogP) is 3.52. The van der Waals surface area contributed by atoms with Crippen LogP contribution in [0.25, 0.3) is 0 Å². The molecular formula is C21H26FN3O. The number of anilines is 1. The third-order valence-electron chi connectivity index (χ3n) is 5.00. The van der Waals surface area contributed by atoms with Crippen LogP contribution >= 0.6 is 0 Å². The number of nitrogens with one attached hydrogen (secondary N) is 1. The van der Waals surface area contributed by atoms with Gasteiger partial charge in [-0.25, -0.2) is 4.39 Å². The Kier molecular flexibility index (Phi) is 5.69. The van der Waals surface area contributed by atoms with Gasteiger partial charge in [0.25, 0.3) is 5.91 Å². The van der Waals surface area contributed by atoms with E-state index in [1.807, 2.05) is 19.1 Å². The molecule has 0 bridgehead atoms. The standard InChI is InChI=1S/C21H26FN3O/c1-15-4-6-16(7-5-15)21(26)23-18-9-8-17(20(22)12-18)13-25-11-10-19(14-25)24(2)3/h4-9,12,19H,10-11,13-14H2,1-3H3,(H,23,26). The van der Waals surface area contributed by atoms with Gasteiger partial charge in [0.1, 0.15) is 5.82 Å². The zero-order valence-corrected chi connectivity index (χ0v) is 15.6. The molecule has 2 aromatic rings. The van der Waals surface area contributed by atoms with Crippen molar-refractivity contribution in [1.82, 2.24) is 9.80 Å². The summed E-state index contributed by atoms with van der Waals surface area (Å²) in [6.07, 6.45) is 1.11. The molecule has 0 spiro atoms. The molecule has 4 nitrogen and oxygen atoms in total. The molecule has 1 fully saturated rings. The van der Waals surface area contributed by atoms with Gasteiger partial charge in [0.05, 0.1) is 0 Å². The Labute approximate surface area is 154 Å². The summed E-state index contributed by atoms with van der Waals surface area (Å²) in [6.45, 7) is 4.51.